The van der Waals surface area contributed by atoms with E-state index >= 15 is 0 Å². The average molecular weight is 431 g/mol. The summed E-state index contributed by atoms with van der Waals surface area (Å²) in [6.45, 7) is 2.12. The monoisotopic (exact) mass is 430 g/mol. The van der Waals surface area contributed by atoms with E-state index in [4.69, 9.17) is 0 Å². The van der Waals surface area contributed by atoms with Gasteiger partial charge < -0.3 is 5.32 Å². The molecule has 4 rings (SSSR count). The zero-order valence-corrected chi connectivity index (χ0v) is 18.4. The molecule has 1 N–H and O–H groups in total. The predicted octanol–water partition coefficient (Wildman–Crippen LogP) is 5.60. The van der Waals surface area contributed by atoms with Crippen LogP contribution < -0.4 is 10.2 Å². The first-order valence-corrected chi connectivity index (χ1v) is 11.7. The van der Waals surface area contributed by atoms with E-state index in [0.717, 1.165) is 35.3 Å². The Balaban J connectivity index is 1.42. The van der Waals surface area contributed by atoms with Gasteiger partial charge >= 0.3 is 0 Å². The van der Waals surface area contributed by atoms with Crippen LogP contribution in [0.4, 0.5) is 11.4 Å². The number of thioether (sulfide) groups is 1. The minimum Gasteiger partial charge on any atom is -0.326 e. The molecule has 0 spiro atoms. The molecular formula is C26H26N2O2S. The number of hydrogen-bond acceptors (Lipinski definition) is 3. The van der Waals surface area contributed by atoms with Crippen molar-refractivity contribution in [1.29, 1.82) is 0 Å². The Hall–Kier alpha value is -3.05. The highest BCUT2D eigenvalue weighted by Gasteiger charge is 2.34. The summed E-state index contributed by atoms with van der Waals surface area (Å²) in [5.74, 6) is 0.598. The Morgan fingerprint density at radius 2 is 1.74 bits per heavy atom. The van der Waals surface area contributed by atoms with Crippen molar-refractivity contribution >= 4 is 35.0 Å². The lowest BCUT2D eigenvalue weighted by Crippen LogP contribution is -2.27. The molecule has 1 aliphatic rings. The van der Waals surface area contributed by atoms with Crippen molar-refractivity contribution in [2.24, 2.45) is 0 Å². The molecule has 2 amide bonds. The van der Waals surface area contributed by atoms with Gasteiger partial charge in [-0.05, 0) is 53.8 Å². The first kappa shape index (κ1) is 21.2. The number of nitrogens with zero attached hydrogens (tertiary/aromatic N) is 1. The van der Waals surface area contributed by atoms with Gasteiger partial charge in [-0.15, -0.1) is 11.8 Å². The first-order chi connectivity index (χ1) is 15.1. The SMILES string of the molecule is CCc1cccc(N2C(=O)CSC2c2ccc(NC(=O)CCc3ccccc3)cc2)c1. The molecule has 0 radical (unpaired) electrons. The molecule has 1 unspecified atom stereocenters. The van der Waals surface area contributed by atoms with Crippen LogP contribution >= 0.6 is 11.8 Å². The fourth-order valence-electron chi connectivity index (χ4n) is 3.73. The maximum atomic E-state index is 12.6. The highest BCUT2D eigenvalue weighted by atomic mass is 32.2. The van der Waals surface area contributed by atoms with Crippen molar-refractivity contribution in [3.63, 3.8) is 0 Å². The smallest absolute Gasteiger partial charge is 0.238 e. The van der Waals surface area contributed by atoms with E-state index in [2.05, 4.69) is 24.4 Å². The fraction of sp³-hybridized carbons (Fsp3) is 0.231. The summed E-state index contributed by atoms with van der Waals surface area (Å²) in [5.41, 5.74) is 5.14. The quantitative estimate of drug-likeness (QED) is 0.531. The average Bonchev–Trinajstić information content (AvgIpc) is 3.20. The second kappa shape index (κ2) is 9.84. The Labute approximate surface area is 187 Å². The van der Waals surface area contributed by atoms with E-state index in [1.54, 1.807) is 11.8 Å². The van der Waals surface area contributed by atoms with Crippen LogP contribution in [0.5, 0.6) is 0 Å². The lowest BCUT2D eigenvalue weighted by molar-refractivity contribution is -0.116. The Kier molecular flexibility index (Phi) is 6.73. The van der Waals surface area contributed by atoms with Crippen LogP contribution in [-0.2, 0) is 22.4 Å². The molecule has 3 aromatic rings. The molecule has 3 aromatic carbocycles. The zero-order valence-electron chi connectivity index (χ0n) is 17.6. The van der Waals surface area contributed by atoms with Crippen molar-refractivity contribution < 1.29 is 9.59 Å². The summed E-state index contributed by atoms with van der Waals surface area (Å²) in [6, 6.07) is 26.0. The molecule has 1 saturated heterocycles. The minimum absolute atomic E-state index is 0.0000272. The van der Waals surface area contributed by atoms with E-state index in [1.807, 2.05) is 71.6 Å². The van der Waals surface area contributed by atoms with E-state index in [-0.39, 0.29) is 17.2 Å². The van der Waals surface area contributed by atoms with E-state index in [0.29, 0.717) is 12.2 Å². The Morgan fingerprint density at radius 1 is 1.00 bits per heavy atom. The number of aryl methyl sites for hydroxylation is 2. The van der Waals surface area contributed by atoms with Crippen molar-refractivity contribution in [3.05, 3.63) is 95.6 Å². The highest BCUT2D eigenvalue weighted by Crippen LogP contribution is 2.42. The van der Waals surface area contributed by atoms with Gasteiger partial charge in [0.15, 0.2) is 0 Å². The number of anilines is 2. The standard InChI is InChI=1S/C26H26N2O2S/c1-2-19-9-6-10-23(17-19)28-25(30)18-31-26(28)21-12-14-22(15-13-21)27-24(29)16-11-20-7-4-3-5-8-20/h3-10,12-15,17,26H,2,11,16,18H2,1H3,(H,27,29). The third-order valence-electron chi connectivity index (χ3n) is 5.43. The van der Waals surface area contributed by atoms with E-state index in [1.165, 1.54) is 5.56 Å². The van der Waals surface area contributed by atoms with Crippen molar-refractivity contribution in [1.82, 2.24) is 0 Å². The van der Waals surface area contributed by atoms with Gasteiger partial charge in [-0.25, -0.2) is 0 Å². The summed E-state index contributed by atoms with van der Waals surface area (Å²) in [6.07, 6.45) is 2.10. The number of amides is 2. The number of benzene rings is 3. The van der Waals surface area contributed by atoms with E-state index < -0.39 is 0 Å². The molecule has 0 aliphatic carbocycles. The van der Waals surface area contributed by atoms with Gasteiger partial charge in [-0.1, -0.05) is 61.5 Å². The van der Waals surface area contributed by atoms with Crippen LogP contribution in [0.1, 0.15) is 35.4 Å². The van der Waals surface area contributed by atoms with Crippen LogP contribution in [0.3, 0.4) is 0 Å². The summed E-state index contributed by atoms with van der Waals surface area (Å²) in [7, 11) is 0. The first-order valence-electron chi connectivity index (χ1n) is 10.6. The maximum absolute atomic E-state index is 12.6. The van der Waals surface area contributed by atoms with Gasteiger partial charge in [0.2, 0.25) is 11.8 Å². The van der Waals surface area contributed by atoms with Gasteiger partial charge in [0.1, 0.15) is 5.37 Å². The summed E-state index contributed by atoms with van der Waals surface area (Å²) >= 11 is 1.63. The molecule has 158 valence electrons. The van der Waals surface area contributed by atoms with Crippen molar-refractivity contribution in [2.45, 2.75) is 31.6 Å². The lowest BCUT2D eigenvalue weighted by Gasteiger charge is -2.25. The second-order valence-corrected chi connectivity index (χ2v) is 8.67. The van der Waals surface area contributed by atoms with Crippen LogP contribution in [-0.4, -0.2) is 17.6 Å². The fourth-order valence-corrected chi connectivity index (χ4v) is 4.91. The van der Waals surface area contributed by atoms with Crippen LogP contribution in [0.2, 0.25) is 0 Å². The van der Waals surface area contributed by atoms with Crippen molar-refractivity contribution in [3.8, 4) is 0 Å². The molecule has 1 aliphatic heterocycles. The topological polar surface area (TPSA) is 49.4 Å². The summed E-state index contributed by atoms with van der Waals surface area (Å²) in [5, 5.41) is 2.92. The molecule has 31 heavy (non-hydrogen) atoms. The Morgan fingerprint density at radius 3 is 2.48 bits per heavy atom. The van der Waals surface area contributed by atoms with Gasteiger partial charge in [-0.2, -0.15) is 0 Å². The third-order valence-corrected chi connectivity index (χ3v) is 6.64. The molecule has 4 nitrogen and oxygen atoms in total. The number of nitrogens with one attached hydrogen (secondary N) is 1. The van der Waals surface area contributed by atoms with Crippen LogP contribution in [0.15, 0.2) is 78.9 Å². The number of carbonyl (C=O) groups excluding carboxylic acids is 2. The predicted molar refractivity (Wildman–Crippen MR) is 128 cm³/mol. The molecule has 5 heteroatoms. The molecule has 0 saturated carbocycles. The molecule has 1 atom stereocenters. The normalized spacial score (nSPS) is 15.8. The van der Waals surface area contributed by atoms with Gasteiger partial charge in [0.25, 0.3) is 0 Å². The second-order valence-electron chi connectivity index (χ2n) is 7.61. The Bertz CT molecular complexity index is 1050. The molecule has 0 aromatic heterocycles. The number of hydrogen-bond donors (Lipinski definition) is 1. The molecular weight excluding hydrogens is 404 g/mol. The van der Waals surface area contributed by atoms with Gasteiger partial charge in [0, 0.05) is 17.8 Å². The molecule has 1 fully saturated rings. The summed E-state index contributed by atoms with van der Waals surface area (Å²) < 4.78 is 0. The van der Waals surface area contributed by atoms with Crippen LogP contribution in [0.25, 0.3) is 0 Å². The number of carbonyl (C=O) groups is 2. The number of rotatable bonds is 7. The zero-order chi connectivity index (χ0) is 21.6. The van der Waals surface area contributed by atoms with E-state index in [9.17, 15) is 9.59 Å². The van der Waals surface area contributed by atoms with Crippen molar-refractivity contribution in [2.75, 3.05) is 16.0 Å². The van der Waals surface area contributed by atoms with Crippen LogP contribution in [0, 0.1) is 0 Å². The maximum Gasteiger partial charge on any atom is 0.238 e. The highest BCUT2D eigenvalue weighted by molar-refractivity contribution is 8.00. The third kappa shape index (κ3) is 5.17. The van der Waals surface area contributed by atoms with Gasteiger partial charge in [-0.3, -0.25) is 14.5 Å². The molecule has 0 bridgehead atoms. The molecule has 1 heterocycles. The largest absolute Gasteiger partial charge is 0.326 e. The van der Waals surface area contributed by atoms with Gasteiger partial charge in [0.05, 0.1) is 5.75 Å². The lowest BCUT2D eigenvalue weighted by atomic mass is 10.1. The minimum atomic E-state index is -0.0533. The summed E-state index contributed by atoms with van der Waals surface area (Å²) in [4.78, 5) is 26.8.